The summed E-state index contributed by atoms with van der Waals surface area (Å²) in [5.74, 6) is 0.271. The molecule has 4 aromatic rings. The molecule has 0 bridgehead atoms. The average Bonchev–Trinajstić information content (AvgIpc) is 3.72. The van der Waals surface area contributed by atoms with Crippen LogP contribution in [0.25, 0.3) is 0 Å². The maximum absolute atomic E-state index is 13.5. The Kier molecular flexibility index (Phi) is 7.76. The van der Waals surface area contributed by atoms with Crippen molar-refractivity contribution in [1.82, 2.24) is 14.5 Å². The Hall–Kier alpha value is -3.77. The molecule has 2 aliphatic rings. The van der Waals surface area contributed by atoms with Crippen LogP contribution < -0.4 is 15.0 Å². The first-order chi connectivity index (χ1) is 19.8. The number of benzene rings is 1. The third kappa shape index (κ3) is 6.43. The number of carbonyl (C=O) groups excluding carboxylic acids is 1. The molecule has 2 fully saturated rings. The zero-order valence-corrected chi connectivity index (χ0v) is 23.9. The minimum Gasteiger partial charge on any atom is -0.490 e. The molecular weight excluding hydrogens is 565 g/mol. The Morgan fingerprint density at radius 2 is 1.93 bits per heavy atom. The molecule has 0 aliphatic carbocycles. The highest BCUT2D eigenvalue weighted by molar-refractivity contribution is 7.91. The van der Waals surface area contributed by atoms with Crippen molar-refractivity contribution in [3.8, 4) is 5.75 Å². The van der Waals surface area contributed by atoms with Crippen molar-refractivity contribution in [1.29, 1.82) is 0 Å². The number of hydrogen-bond acceptors (Lipinski definition) is 8. The molecule has 0 saturated carbocycles. The quantitative estimate of drug-likeness (QED) is 0.283. The van der Waals surface area contributed by atoms with E-state index in [2.05, 4.69) is 15.2 Å². The molecule has 0 radical (unpaired) electrons. The predicted octanol–water partition coefficient (Wildman–Crippen LogP) is 5.08. The Morgan fingerprint density at radius 1 is 1.12 bits per heavy atom. The first-order valence-electron chi connectivity index (χ1n) is 13.6. The number of carbonyl (C=O) groups is 1. The summed E-state index contributed by atoms with van der Waals surface area (Å²) in [4.78, 5) is 23.7. The molecule has 1 amide bonds. The summed E-state index contributed by atoms with van der Waals surface area (Å²) in [6, 6.07) is 14.6. The average molecular weight is 596 g/mol. The van der Waals surface area contributed by atoms with Gasteiger partial charge in [-0.3, -0.25) is 10.1 Å². The van der Waals surface area contributed by atoms with Crippen molar-refractivity contribution in [3.63, 3.8) is 0 Å². The Bertz CT molecular complexity index is 1620. The van der Waals surface area contributed by atoms with E-state index in [0.717, 1.165) is 36.5 Å². The van der Waals surface area contributed by atoms with Crippen LogP contribution in [0.15, 0.2) is 66.3 Å². The topological polar surface area (TPSA) is 106 Å². The molecule has 0 unspecified atom stereocenters. The number of rotatable bonds is 8. The minimum atomic E-state index is -2.92. The normalized spacial score (nSPS) is 18.9. The maximum atomic E-state index is 13.5. The Balaban J connectivity index is 1.09. The van der Waals surface area contributed by atoms with Crippen molar-refractivity contribution in [2.45, 2.75) is 44.4 Å². The molecule has 6 rings (SSSR count). The van der Waals surface area contributed by atoms with Crippen LogP contribution in [0.2, 0.25) is 0 Å². The zero-order chi connectivity index (χ0) is 28.4. The van der Waals surface area contributed by atoms with Crippen LogP contribution in [0.5, 0.6) is 5.75 Å². The van der Waals surface area contributed by atoms with Gasteiger partial charge in [0.1, 0.15) is 17.5 Å². The van der Waals surface area contributed by atoms with Gasteiger partial charge in [-0.15, -0.1) is 11.3 Å². The number of sulfone groups is 1. The number of ether oxygens (including phenoxy) is 1. The molecule has 12 heteroatoms. The van der Waals surface area contributed by atoms with E-state index in [1.54, 1.807) is 29.0 Å². The second-order valence-electron chi connectivity index (χ2n) is 10.4. The third-order valence-corrected chi connectivity index (χ3v) is 10.0. The van der Waals surface area contributed by atoms with Crippen LogP contribution in [0, 0.1) is 5.95 Å². The predicted molar refractivity (Wildman–Crippen MR) is 156 cm³/mol. The monoisotopic (exact) mass is 595 g/mol. The van der Waals surface area contributed by atoms with Gasteiger partial charge in [-0.1, -0.05) is 0 Å². The van der Waals surface area contributed by atoms with Crippen LogP contribution in [0.3, 0.4) is 0 Å². The van der Waals surface area contributed by atoms with E-state index >= 15 is 0 Å². The molecular formula is C29H30FN5O4S2. The number of nitrogens with one attached hydrogen (secondary N) is 1. The summed E-state index contributed by atoms with van der Waals surface area (Å²) < 4.78 is 44.7. The number of thiazole rings is 1. The van der Waals surface area contributed by atoms with E-state index in [-0.39, 0.29) is 29.6 Å². The summed E-state index contributed by atoms with van der Waals surface area (Å²) in [5.41, 5.74) is 3.15. The van der Waals surface area contributed by atoms with Gasteiger partial charge in [-0.05, 0) is 79.8 Å². The van der Waals surface area contributed by atoms with E-state index in [9.17, 15) is 17.6 Å². The molecule has 41 heavy (non-hydrogen) atoms. The molecule has 2 aliphatic heterocycles. The van der Waals surface area contributed by atoms with Crippen LogP contribution in [0.4, 0.5) is 15.2 Å². The van der Waals surface area contributed by atoms with Gasteiger partial charge in [-0.2, -0.15) is 4.39 Å². The number of amides is 1. The van der Waals surface area contributed by atoms with Crippen LogP contribution in [-0.4, -0.2) is 53.0 Å². The van der Waals surface area contributed by atoms with Gasteiger partial charge in [0.05, 0.1) is 23.2 Å². The van der Waals surface area contributed by atoms with Crippen molar-refractivity contribution in [2.24, 2.45) is 0 Å². The summed E-state index contributed by atoms with van der Waals surface area (Å²) in [5, 5.41) is 5.44. The van der Waals surface area contributed by atoms with E-state index in [1.807, 2.05) is 29.6 Å². The van der Waals surface area contributed by atoms with Crippen LogP contribution in [0.1, 0.15) is 53.5 Å². The molecule has 214 valence electrons. The smallest absolute Gasteiger partial charge is 0.274 e. The van der Waals surface area contributed by atoms with Gasteiger partial charge in [-0.25, -0.2) is 18.4 Å². The van der Waals surface area contributed by atoms with E-state index in [4.69, 9.17) is 9.72 Å². The lowest BCUT2D eigenvalue weighted by atomic mass is 10.1. The molecule has 2 saturated heterocycles. The van der Waals surface area contributed by atoms with Crippen LogP contribution >= 0.6 is 11.3 Å². The third-order valence-electron chi connectivity index (χ3n) is 7.52. The lowest BCUT2D eigenvalue weighted by Gasteiger charge is -2.26. The maximum Gasteiger partial charge on any atom is 0.274 e. The van der Waals surface area contributed by atoms with Crippen LogP contribution in [-0.2, 0) is 16.4 Å². The molecule has 5 heterocycles. The largest absolute Gasteiger partial charge is 0.490 e. The standard InChI is InChI=1S/C29H30FN5O4S2/c30-27-17-20(9-12-31-27)18-34-13-1-4-26(34)28(36)33-29-32-24(19-40-29)25-3-2-14-35(25)21-5-7-22(8-6-21)39-23-10-15-41(37,38)16-11-23/h1,4-9,12-13,17,19,23,25H,2-3,10-11,14-16,18H2,(H,32,33,36)/t25-/m1/s1. The zero-order valence-electron chi connectivity index (χ0n) is 22.3. The summed E-state index contributed by atoms with van der Waals surface area (Å²) in [6.07, 6.45) is 6.16. The van der Waals surface area contributed by atoms with Crippen molar-refractivity contribution >= 4 is 37.9 Å². The summed E-state index contributed by atoms with van der Waals surface area (Å²) >= 11 is 1.39. The fraction of sp³-hybridized carbons (Fsp3) is 0.345. The highest BCUT2D eigenvalue weighted by Gasteiger charge is 2.29. The molecule has 1 atom stereocenters. The molecule has 0 spiro atoms. The van der Waals surface area contributed by atoms with Gasteiger partial charge >= 0.3 is 0 Å². The number of hydrogen-bond donors (Lipinski definition) is 1. The van der Waals surface area contributed by atoms with Gasteiger partial charge in [0, 0.05) is 36.6 Å². The number of nitrogens with zero attached hydrogens (tertiary/aromatic N) is 4. The SMILES string of the molecule is O=C(Nc1nc([C@H]2CCCN2c2ccc(OC3CCS(=O)(=O)CC3)cc2)cs1)c1cccn1Cc1ccnc(F)c1. The lowest BCUT2D eigenvalue weighted by molar-refractivity contribution is 0.101. The fourth-order valence-corrected chi connectivity index (χ4v) is 7.63. The summed E-state index contributed by atoms with van der Waals surface area (Å²) in [6.45, 7) is 1.25. The molecule has 9 nitrogen and oxygen atoms in total. The van der Waals surface area contributed by atoms with Crippen molar-refractivity contribution < 1.29 is 22.3 Å². The first-order valence-corrected chi connectivity index (χ1v) is 16.3. The highest BCUT2D eigenvalue weighted by Crippen LogP contribution is 2.38. The van der Waals surface area contributed by atoms with E-state index in [1.165, 1.54) is 23.6 Å². The van der Waals surface area contributed by atoms with E-state index < -0.39 is 15.8 Å². The second kappa shape index (κ2) is 11.6. The first kappa shape index (κ1) is 27.4. The highest BCUT2D eigenvalue weighted by atomic mass is 32.2. The number of aromatic nitrogens is 3. The Morgan fingerprint density at radius 3 is 2.71 bits per heavy atom. The van der Waals surface area contributed by atoms with Crippen molar-refractivity contribution in [2.75, 3.05) is 28.3 Å². The Labute approximate surface area is 241 Å². The summed E-state index contributed by atoms with van der Waals surface area (Å²) in [7, 11) is -2.92. The molecule has 3 aromatic heterocycles. The second-order valence-corrected chi connectivity index (χ2v) is 13.5. The molecule has 1 aromatic carbocycles. The fourth-order valence-electron chi connectivity index (χ4n) is 5.43. The molecule has 1 N–H and O–H groups in total. The van der Waals surface area contributed by atoms with Gasteiger partial charge in [0.2, 0.25) is 5.95 Å². The number of halogens is 1. The van der Waals surface area contributed by atoms with Crippen molar-refractivity contribution in [3.05, 3.63) is 89.2 Å². The minimum absolute atomic E-state index is 0.0750. The van der Waals surface area contributed by atoms with Gasteiger partial charge < -0.3 is 14.2 Å². The van der Waals surface area contributed by atoms with E-state index in [0.29, 0.717) is 35.8 Å². The number of anilines is 2. The van der Waals surface area contributed by atoms with Gasteiger partial charge in [0.25, 0.3) is 5.91 Å². The number of pyridine rings is 1. The lowest BCUT2D eigenvalue weighted by Crippen LogP contribution is -2.30. The van der Waals surface area contributed by atoms with Gasteiger partial charge in [0.15, 0.2) is 15.0 Å².